The second-order valence-corrected chi connectivity index (χ2v) is 6.42. The number of amides is 1. The average molecular weight is 278 g/mol. The van der Waals surface area contributed by atoms with Gasteiger partial charge >= 0.3 is 0 Å². The van der Waals surface area contributed by atoms with Crippen molar-refractivity contribution in [1.29, 1.82) is 5.26 Å². The molecule has 0 spiro atoms. The minimum Gasteiger partial charge on any atom is -0.396 e. The van der Waals surface area contributed by atoms with E-state index in [9.17, 15) is 15.2 Å². The minimum absolute atomic E-state index is 0.0507. The maximum atomic E-state index is 12.6. The van der Waals surface area contributed by atoms with Crippen molar-refractivity contribution in [2.24, 2.45) is 11.3 Å². The highest BCUT2D eigenvalue weighted by molar-refractivity contribution is 5.85. The summed E-state index contributed by atoms with van der Waals surface area (Å²) in [6.45, 7) is 0.129. The number of nitriles is 1. The van der Waals surface area contributed by atoms with Gasteiger partial charge in [0.25, 0.3) is 0 Å². The molecule has 0 radical (unpaired) electrons. The lowest BCUT2D eigenvalue weighted by Crippen LogP contribution is -2.49. The molecular weight excluding hydrogens is 252 g/mol. The molecule has 20 heavy (non-hydrogen) atoms. The normalized spacial score (nSPS) is 30.0. The molecular formula is C16H26N2O2. The van der Waals surface area contributed by atoms with E-state index in [1.807, 2.05) is 0 Å². The van der Waals surface area contributed by atoms with Crippen molar-refractivity contribution >= 4 is 5.91 Å². The first kappa shape index (κ1) is 15.3. The van der Waals surface area contributed by atoms with E-state index in [0.717, 1.165) is 51.4 Å². The van der Waals surface area contributed by atoms with Crippen molar-refractivity contribution in [3.63, 3.8) is 0 Å². The van der Waals surface area contributed by atoms with Gasteiger partial charge in [-0.1, -0.05) is 38.5 Å². The first-order valence-electron chi connectivity index (χ1n) is 8.05. The van der Waals surface area contributed by atoms with E-state index < -0.39 is 5.41 Å². The van der Waals surface area contributed by atoms with Gasteiger partial charge in [-0.25, -0.2) is 0 Å². The monoisotopic (exact) mass is 278 g/mol. The SMILES string of the molecule is N#CC1(C(=O)NC2CCCCC2CO)CCCCCC1. The number of carbonyl (C=O) groups excluding carboxylic acids is 1. The second kappa shape index (κ2) is 7.08. The Bertz CT molecular complexity index is 367. The molecule has 0 aromatic heterocycles. The van der Waals surface area contributed by atoms with Gasteiger partial charge in [0, 0.05) is 18.6 Å². The summed E-state index contributed by atoms with van der Waals surface area (Å²) in [5, 5.41) is 22.1. The second-order valence-electron chi connectivity index (χ2n) is 6.42. The number of nitrogens with one attached hydrogen (secondary N) is 1. The lowest BCUT2D eigenvalue weighted by molar-refractivity contribution is -0.130. The number of carbonyl (C=O) groups is 1. The van der Waals surface area contributed by atoms with Crippen LogP contribution in [0.5, 0.6) is 0 Å². The molecule has 2 N–H and O–H groups in total. The van der Waals surface area contributed by atoms with E-state index in [1.165, 1.54) is 0 Å². The van der Waals surface area contributed by atoms with Crippen LogP contribution in [0.3, 0.4) is 0 Å². The number of nitrogens with zero attached hydrogens (tertiary/aromatic N) is 1. The molecule has 2 atom stereocenters. The summed E-state index contributed by atoms with van der Waals surface area (Å²) in [7, 11) is 0. The van der Waals surface area contributed by atoms with Gasteiger partial charge in [0.1, 0.15) is 5.41 Å². The first-order chi connectivity index (χ1) is 9.72. The number of hydrogen-bond donors (Lipinski definition) is 2. The van der Waals surface area contributed by atoms with Crippen LogP contribution in [0.4, 0.5) is 0 Å². The van der Waals surface area contributed by atoms with Crippen LogP contribution in [0.1, 0.15) is 64.2 Å². The van der Waals surface area contributed by atoms with Crippen molar-refractivity contribution in [3.8, 4) is 6.07 Å². The van der Waals surface area contributed by atoms with E-state index in [4.69, 9.17) is 0 Å². The topological polar surface area (TPSA) is 73.1 Å². The fraction of sp³-hybridized carbons (Fsp3) is 0.875. The third kappa shape index (κ3) is 3.32. The third-order valence-electron chi connectivity index (χ3n) is 5.07. The lowest BCUT2D eigenvalue weighted by Gasteiger charge is -2.34. The Hall–Kier alpha value is -1.08. The predicted octanol–water partition coefficient (Wildman–Crippen LogP) is 2.52. The summed E-state index contributed by atoms with van der Waals surface area (Å²) in [5.41, 5.74) is -0.825. The minimum atomic E-state index is -0.825. The van der Waals surface area contributed by atoms with Crippen LogP contribution in [0, 0.1) is 22.7 Å². The van der Waals surface area contributed by atoms with E-state index >= 15 is 0 Å². The van der Waals surface area contributed by atoms with Crippen LogP contribution in [0.25, 0.3) is 0 Å². The Labute approximate surface area is 121 Å². The van der Waals surface area contributed by atoms with Gasteiger partial charge in [0.05, 0.1) is 6.07 Å². The van der Waals surface area contributed by atoms with Gasteiger partial charge in [-0.3, -0.25) is 4.79 Å². The third-order valence-corrected chi connectivity index (χ3v) is 5.07. The van der Waals surface area contributed by atoms with Crippen molar-refractivity contribution in [1.82, 2.24) is 5.32 Å². The standard InChI is InChI=1S/C16H26N2O2/c17-12-16(9-5-1-2-6-10-16)15(20)18-14-8-4-3-7-13(14)11-19/h13-14,19H,1-11H2,(H,18,20). The summed E-state index contributed by atoms with van der Waals surface area (Å²) in [6.07, 6.45) is 9.68. The molecule has 1 amide bonds. The highest BCUT2D eigenvalue weighted by atomic mass is 16.3. The summed E-state index contributed by atoms with van der Waals surface area (Å²) < 4.78 is 0. The molecule has 2 saturated carbocycles. The van der Waals surface area contributed by atoms with Crippen LogP contribution in [0.2, 0.25) is 0 Å². The maximum Gasteiger partial charge on any atom is 0.240 e. The molecule has 0 bridgehead atoms. The Balaban J connectivity index is 2.03. The van der Waals surface area contributed by atoms with Gasteiger partial charge < -0.3 is 10.4 Å². The molecule has 0 heterocycles. The highest BCUT2D eigenvalue weighted by Crippen LogP contribution is 2.35. The van der Waals surface area contributed by atoms with Crippen LogP contribution in [-0.2, 0) is 4.79 Å². The number of aliphatic hydroxyl groups excluding tert-OH is 1. The van der Waals surface area contributed by atoms with Crippen LogP contribution < -0.4 is 5.32 Å². The summed E-state index contributed by atoms with van der Waals surface area (Å²) in [4.78, 5) is 12.6. The zero-order valence-electron chi connectivity index (χ0n) is 12.2. The maximum absolute atomic E-state index is 12.6. The smallest absolute Gasteiger partial charge is 0.240 e. The Morgan fingerprint density at radius 2 is 1.80 bits per heavy atom. The summed E-state index contributed by atoms with van der Waals surface area (Å²) >= 11 is 0. The molecule has 0 aliphatic heterocycles. The van der Waals surface area contributed by atoms with Gasteiger partial charge in [-0.05, 0) is 25.7 Å². The molecule has 2 fully saturated rings. The highest BCUT2D eigenvalue weighted by Gasteiger charge is 2.40. The zero-order valence-corrected chi connectivity index (χ0v) is 12.2. The van der Waals surface area contributed by atoms with Crippen molar-refractivity contribution < 1.29 is 9.90 Å². The number of aliphatic hydroxyl groups is 1. The van der Waals surface area contributed by atoms with Gasteiger partial charge in [0.2, 0.25) is 5.91 Å². The molecule has 2 rings (SSSR count). The van der Waals surface area contributed by atoms with Crippen molar-refractivity contribution in [2.45, 2.75) is 70.3 Å². The largest absolute Gasteiger partial charge is 0.396 e. The van der Waals surface area contributed by atoms with E-state index in [1.54, 1.807) is 0 Å². The van der Waals surface area contributed by atoms with Gasteiger partial charge in [0.15, 0.2) is 0 Å². The van der Waals surface area contributed by atoms with Crippen LogP contribution in [-0.4, -0.2) is 23.7 Å². The first-order valence-corrected chi connectivity index (χ1v) is 8.05. The molecule has 0 saturated heterocycles. The van der Waals surface area contributed by atoms with Gasteiger partial charge in [-0.2, -0.15) is 5.26 Å². The molecule has 0 aromatic rings. The molecule has 4 nitrogen and oxygen atoms in total. The van der Waals surface area contributed by atoms with Crippen molar-refractivity contribution in [3.05, 3.63) is 0 Å². The number of hydrogen-bond acceptors (Lipinski definition) is 3. The summed E-state index contributed by atoms with van der Waals surface area (Å²) in [5.74, 6) is 0.0708. The van der Waals surface area contributed by atoms with Crippen LogP contribution in [0.15, 0.2) is 0 Å². The predicted molar refractivity (Wildman–Crippen MR) is 76.7 cm³/mol. The quantitative estimate of drug-likeness (QED) is 0.779. The van der Waals surface area contributed by atoms with Crippen LogP contribution >= 0.6 is 0 Å². The lowest BCUT2D eigenvalue weighted by atomic mass is 9.79. The van der Waals surface area contributed by atoms with Crippen molar-refractivity contribution in [2.75, 3.05) is 6.61 Å². The molecule has 0 aromatic carbocycles. The van der Waals surface area contributed by atoms with E-state index in [2.05, 4.69) is 11.4 Å². The van der Waals surface area contributed by atoms with E-state index in [-0.39, 0.29) is 24.5 Å². The molecule has 4 heteroatoms. The molecule has 112 valence electrons. The van der Waals surface area contributed by atoms with Gasteiger partial charge in [-0.15, -0.1) is 0 Å². The zero-order chi connectivity index (χ0) is 14.4. The molecule has 2 aliphatic carbocycles. The van der Waals surface area contributed by atoms with E-state index in [0.29, 0.717) is 12.8 Å². The fourth-order valence-corrected chi connectivity index (χ4v) is 3.64. The summed E-state index contributed by atoms with van der Waals surface area (Å²) in [6, 6.07) is 2.36. The Morgan fingerprint density at radius 3 is 2.40 bits per heavy atom. The number of rotatable bonds is 3. The Morgan fingerprint density at radius 1 is 1.15 bits per heavy atom. The fourth-order valence-electron chi connectivity index (χ4n) is 3.64. The molecule has 2 unspecified atom stereocenters. The average Bonchev–Trinajstić information content (AvgIpc) is 2.74. The molecule has 2 aliphatic rings. The Kier molecular flexibility index (Phi) is 5.42.